The molecule has 20 heavy (non-hydrogen) atoms. The Morgan fingerprint density at radius 2 is 1.75 bits per heavy atom. The van der Waals surface area contributed by atoms with Crippen LogP contribution in [0.5, 0.6) is 0 Å². The predicted molar refractivity (Wildman–Crippen MR) is 82.4 cm³/mol. The summed E-state index contributed by atoms with van der Waals surface area (Å²) >= 11 is 0. The molecular formula is C15H24N2O2S. The van der Waals surface area contributed by atoms with Crippen LogP contribution in [0.1, 0.15) is 39.5 Å². The van der Waals surface area contributed by atoms with E-state index in [-0.39, 0.29) is 5.41 Å². The molecular weight excluding hydrogens is 272 g/mol. The Hall–Kier alpha value is -1.07. The number of nitrogens with one attached hydrogen (secondary N) is 2. The molecule has 1 saturated carbocycles. The van der Waals surface area contributed by atoms with E-state index in [9.17, 15) is 8.42 Å². The fourth-order valence-electron chi connectivity index (χ4n) is 2.71. The van der Waals surface area contributed by atoms with Crippen molar-refractivity contribution in [3.8, 4) is 0 Å². The first-order chi connectivity index (χ1) is 9.45. The Labute approximate surface area is 122 Å². The zero-order chi connectivity index (χ0) is 14.6. The van der Waals surface area contributed by atoms with Gasteiger partial charge in [0.15, 0.2) is 0 Å². The van der Waals surface area contributed by atoms with Crippen molar-refractivity contribution in [1.29, 1.82) is 0 Å². The van der Waals surface area contributed by atoms with Gasteiger partial charge >= 0.3 is 0 Å². The van der Waals surface area contributed by atoms with Crippen LogP contribution in [0.2, 0.25) is 0 Å². The van der Waals surface area contributed by atoms with Crippen LogP contribution in [0.25, 0.3) is 0 Å². The normalized spacial score (nSPS) is 18.1. The van der Waals surface area contributed by atoms with Gasteiger partial charge in [-0.25, -0.2) is 13.1 Å². The molecule has 2 N–H and O–H groups in total. The molecule has 0 radical (unpaired) electrons. The van der Waals surface area contributed by atoms with Crippen LogP contribution in [0, 0.1) is 5.41 Å². The fourth-order valence-corrected chi connectivity index (χ4v) is 3.91. The maximum absolute atomic E-state index is 12.3. The van der Waals surface area contributed by atoms with Crippen molar-refractivity contribution in [3.63, 3.8) is 0 Å². The first-order valence-electron chi connectivity index (χ1n) is 7.29. The third-order valence-corrected chi connectivity index (χ3v) is 5.46. The molecule has 0 heterocycles. The van der Waals surface area contributed by atoms with E-state index in [2.05, 4.69) is 17.0 Å². The van der Waals surface area contributed by atoms with Crippen LogP contribution < -0.4 is 10.0 Å². The fraction of sp³-hybridized carbons (Fsp3) is 0.600. The zero-order valence-corrected chi connectivity index (χ0v) is 13.1. The van der Waals surface area contributed by atoms with Gasteiger partial charge in [-0.2, -0.15) is 0 Å². The largest absolute Gasteiger partial charge is 0.385 e. The van der Waals surface area contributed by atoms with Crippen molar-refractivity contribution in [2.45, 2.75) is 44.4 Å². The molecule has 0 saturated heterocycles. The third-order valence-electron chi connectivity index (χ3n) is 4.05. The van der Waals surface area contributed by atoms with E-state index in [0.29, 0.717) is 11.4 Å². The van der Waals surface area contributed by atoms with Gasteiger partial charge in [0.05, 0.1) is 4.90 Å². The van der Waals surface area contributed by atoms with Gasteiger partial charge in [-0.1, -0.05) is 19.8 Å². The van der Waals surface area contributed by atoms with Gasteiger partial charge in [-0.15, -0.1) is 0 Å². The van der Waals surface area contributed by atoms with E-state index in [1.807, 2.05) is 6.92 Å². The minimum absolute atomic E-state index is 0.122. The molecule has 1 aliphatic rings. The van der Waals surface area contributed by atoms with E-state index in [1.165, 1.54) is 12.8 Å². The molecule has 0 bridgehead atoms. The van der Waals surface area contributed by atoms with E-state index in [0.717, 1.165) is 25.1 Å². The van der Waals surface area contributed by atoms with E-state index in [4.69, 9.17) is 0 Å². The van der Waals surface area contributed by atoms with Gasteiger partial charge in [-0.05, 0) is 49.4 Å². The van der Waals surface area contributed by atoms with E-state index >= 15 is 0 Å². The van der Waals surface area contributed by atoms with Gasteiger partial charge in [0.25, 0.3) is 0 Å². The van der Waals surface area contributed by atoms with Crippen molar-refractivity contribution in [2.24, 2.45) is 5.41 Å². The second kappa shape index (κ2) is 6.14. The number of anilines is 1. The summed E-state index contributed by atoms with van der Waals surface area (Å²) in [7, 11) is -3.40. The Morgan fingerprint density at radius 3 is 2.30 bits per heavy atom. The van der Waals surface area contributed by atoms with Crippen LogP contribution in [0.4, 0.5) is 5.69 Å². The number of benzene rings is 1. The molecule has 0 atom stereocenters. The summed E-state index contributed by atoms with van der Waals surface area (Å²) in [6.45, 7) is 5.53. The van der Waals surface area contributed by atoms with Gasteiger partial charge < -0.3 is 5.32 Å². The van der Waals surface area contributed by atoms with Crippen LogP contribution >= 0.6 is 0 Å². The molecule has 0 aromatic heterocycles. The van der Waals surface area contributed by atoms with Crippen LogP contribution in [-0.4, -0.2) is 21.5 Å². The van der Waals surface area contributed by atoms with Crippen molar-refractivity contribution in [3.05, 3.63) is 24.3 Å². The summed E-state index contributed by atoms with van der Waals surface area (Å²) in [5.74, 6) is 0. The lowest BCUT2D eigenvalue weighted by molar-refractivity contribution is 0.336. The van der Waals surface area contributed by atoms with Crippen LogP contribution in [-0.2, 0) is 10.0 Å². The van der Waals surface area contributed by atoms with Crippen molar-refractivity contribution >= 4 is 15.7 Å². The summed E-state index contributed by atoms with van der Waals surface area (Å²) < 4.78 is 27.3. The lowest BCUT2D eigenvalue weighted by Crippen LogP contribution is -2.34. The van der Waals surface area contributed by atoms with Crippen molar-refractivity contribution in [2.75, 3.05) is 18.4 Å². The maximum Gasteiger partial charge on any atom is 0.240 e. The SMILES string of the molecule is CCNc1ccc(S(=O)(=O)NCC2(C)CCCC2)cc1. The van der Waals surface area contributed by atoms with Gasteiger partial charge in [-0.3, -0.25) is 0 Å². The summed E-state index contributed by atoms with van der Waals surface area (Å²) in [6.07, 6.45) is 4.62. The molecule has 1 aromatic rings. The highest BCUT2D eigenvalue weighted by molar-refractivity contribution is 7.89. The molecule has 1 aliphatic carbocycles. The van der Waals surface area contributed by atoms with Crippen LogP contribution in [0.15, 0.2) is 29.2 Å². The molecule has 0 spiro atoms. The Kier molecular flexibility index (Phi) is 4.70. The lowest BCUT2D eigenvalue weighted by Gasteiger charge is -2.23. The Morgan fingerprint density at radius 1 is 1.15 bits per heavy atom. The van der Waals surface area contributed by atoms with E-state index in [1.54, 1.807) is 24.3 Å². The quantitative estimate of drug-likeness (QED) is 0.848. The summed E-state index contributed by atoms with van der Waals surface area (Å²) in [4.78, 5) is 0.334. The molecule has 112 valence electrons. The Balaban J connectivity index is 2.02. The highest BCUT2D eigenvalue weighted by Crippen LogP contribution is 2.36. The number of hydrogen-bond donors (Lipinski definition) is 2. The minimum Gasteiger partial charge on any atom is -0.385 e. The lowest BCUT2D eigenvalue weighted by atomic mass is 9.89. The molecule has 1 fully saturated rings. The standard InChI is InChI=1S/C15H24N2O2S/c1-3-16-13-6-8-14(9-7-13)20(18,19)17-12-15(2)10-4-5-11-15/h6-9,16-17H,3-5,10-12H2,1-2H3. The van der Waals surface area contributed by atoms with Gasteiger partial charge in [0.2, 0.25) is 10.0 Å². The number of sulfonamides is 1. The smallest absolute Gasteiger partial charge is 0.240 e. The topological polar surface area (TPSA) is 58.2 Å². The molecule has 0 amide bonds. The van der Waals surface area contributed by atoms with E-state index < -0.39 is 10.0 Å². The first-order valence-corrected chi connectivity index (χ1v) is 8.77. The maximum atomic E-state index is 12.3. The van der Waals surface area contributed by atoms with Crippen molar-refractivity contribution < 1.29 is 8.42 Å². The second-order valence-electron chi connectivity index (χ2n) is 5.90. The molecule has 4 nitrogen and oxygen atoms in total. The van der Waals surface area contributed by atoms with Gasteiger partial charge in [0, 0.05) is 18.8 Å². The third kappa shape index (κ3) is 3.73. The molecule has 1 aromatic carbocycles. The average Bonchev–Trinajstić information content (AvgIpc) is 2.85. The predicted octanol–water partition coefficient (Wildman–Crippen LogP) is 2.98. The Bertz CT molecular complexity index is 531. The zero-order valence-electron chi connectivity index (χ0n) is 12.3. The average molecular weight is 296 g/mol. The molecule has 0 aliphatic heterocycles. The first kappa shape index (κ1) is 15.3. The number of rotatable bonds is 6. The summed E-state index contributed by atoms with van der Waals surface area (Å²) in [5, 5.41) is 3.15. The summed E-state index contributed by atoms with van der Waals surface area (Å²) in [5.41, 5.74) is 1.06. The second-order valence-corrected chi connectivity index (χ2v) is 7.66. The number of hydrogen-bond acceptors (Lipinski definition) is 3. The minimum atomic E-state index is -3.40. The highest BCUT2D eigenvalue weighted by Gasteiger charge is 2.30. The highest BCUT2D eigenvalue weighted by atomic mass is 32.2. The van der Waals surface area contributed by atoms with Crippen LogP contribution in [0.3, 0.4) is 0 Å². The summed E-state index contributed by atoms with van der Waals surface area (Å²) in [6, 6.07) is 6.90. The monoisotopic (exact) mass is 296 g/mol. The van der Waals surface area contributed by atoms with Gasteiger partial charge in [0.1, 0.15) is 0 Å². The van der Waals surface area contributed by atoms with Crippen molar-refractivity contribution in [1.82, 2.24) is 4.72 Å². The molecule has 2 rings (SSSR count). The molecule has 0 unspecified atom stereocenters. The molecule has 5 heteroatoms.